The SMILES string of the molecule is CC1(CN)CCN(S(=O)(=O)c2cccc(Cl)c2F)C1. The molecular formula is C12H16ClFN2O2S. The van der Waals surface area contributed by atoms with Crippen LogP contribution in [0.5, 0.6) is 0 Å². The van der Waals surface area contributed by atoms with Crippen LogP contribution in [-0.4, -0.2) is 32.4 Å². The lowest BCUT2D eigenvalue weighted by molar-refractivity contribution is 0.349. The van der Waals surface area contributed by atoms with Crippen molar-refractivity contribution in [1.29, 1.82) is 0 Å². The monoisotopic (exact) mass is 306 g/mol. The normalized spacial score (nSPS) is 24.8. The van der Waals surface area contributed by atoms with Crippen LogP contribution in [0, 0.1) is 11.2 Å². The van der Waals surface area contributed by atoms with E-state index in [2.05, 4.69) is 0 Å². The largest absolute Gasteiger partial charge is 0.330 e. The standard InChI is InChI=1S/C12H16ClFN2O2S/c1-12(7-15)5-6-16(8-12)19(17,18)10-4-2-3-9(13)11(10)14/h2-4H,5-8,15H2,1H3. The Balaban J connectivity index is 2.37. The minimum absolute atomic E-state index is 0.193. The Morgan fingerprint density at radius 1 is 1.53 bits per heavy atom. The van der Waals surface area contributed by atoms with Gasteiger partial charge < -0.3 is 5.73 Å². The van der Waals surface area contributed by atoms with Gasteiger partial charge in [0.2, 0.25) is 10.0 Å². The highest BCUT2D eigenvalue weighted by Crippen LogP contribution is 2.33. The Hall–Kier alpha value is -0.690. The van der Waals surface area contributed by atoms with Crippen molar-refractivity contribution in [2.75, 3.05) is 19.6 Å². The fraction of sp³-hybridized carbons (Fsp3) is 0.500. The van der Waals surface area contributed by atoms with E-state index in [1.807, 2.05) is 6.92 Å². The molecule has 2 N–H and O–H groups in total. The summed E-state index contributed by atoms with van der Waals surface area (Å²) < 4.78 is 39.9. The minimum atomic E-state index is -3.85. The van der Waals surface area contributed by atoms with E-state index in [0.717, 1.165) is 0 Å². The Kier molecular flexibility index (Phi) is 3.88. The lowest BCUT2D eigenvalue weighted by Crippen LogP contribution is -2.34. The Morgan fingerprint density at radius 3 is 2.79 bits per heavy atom. The molecule has 1 aromatic rings. The van der Waals surface area contributed by atoms with Crippen LogP contribution >= 0.6 is 11.6 Å². The predicted molar refractivity (Wildman–Crippen MR) is 71.9 cm³/mol. The van der Waals surface area contributed by atoms with Crippen LogP contribution in [-0.2, 0) is 10.0 Å². The fourth-order valence-corrected chi connectivity index (χ4v) is 4.08. The second kappa shape index (κ2) is 5.01. The number of rotatable bonds is 3. The highest BCUT2D eigenvalue weighted by Gasteiger charge is 2.40. The zero-order chi connectivity index (χ0) is 14.3. The summed E-state index contributed by atoms with van der Waals surface area (Å²) >= 11 is 5.63. The zero-order valence-electron chi connectivity index (χ0n) is 10.6. The van der Waals surface area contributed by atoms with Gasteiger partial charge in [0.1, 0.15) is 4.90 Å². The third-order valence-corrected chi connectivity index (χ3v) is 5.70. The van der Waals surface area contributed by atoms with E-state index in [0.29, 0.717) is 26.1 Å². The lowest BCUT2D eigenvalue weighted by atomic mass is 9.90. The van der Waals surface area contributed by atoms with Crippen molar-refractivity contribution in [2.45, 2.75) is 18.2 Å². The quantitative estimate of drug-likeness (QED) is 0.927. The molecule has 1 saturated heterocycles. The van der Waals surface area contributed by atoms with Gasteiger partial charge in [0, 0.05) is 13.1 Å². The first-order valence-electron chi connectivity index (χ1n) is 5.94. The average molecular weight is 307 g/mol. The summed E-state index contributed by atoms with van der Waals surface area (Å²) in [5, 5.41) is -0.193. The third kappa shape index (κ3) is 2.63. The molecule has 1 atom stereocenters. The van der Waals surface area contributed by atoms with E-state index in [9.17, 15) is 12.8 Å². The molecule has 1 aliphatic rings. The number of hydrogen-bond acceptors (Lipinski definition) is 3. The lowest BCUT2D eigenvalue weighted by Gasteiger charge is -2.22. The van der Waals surface area contributed by atoms with E-state index in [1.54, 1.807) is 0 Å². The molecule has 1 aromatic carbocycles. The van der Waals surface area contributed by atoms with Crippen LogP contribution in [0.4, 0.5) is 4.39 Å². The fourth-order valence-electron chi connectivity index (χ4n) is 2.17. The van der Waals surface area contributed by atoms with E-state index < -0.39 is 15.8 Å². The number of nitrogens with two attached hydrogens (primary N) is 1. The van der Waals surface area contributed by atoms with Crippen molar-refractivity contribution < 1.29 is 12.8 Å². The maximum atomic E-state index is 13.9. The summed E-state index contributed by atoms with van der Waals surface area (Å²) in [5.74, 6) is -0.898. The molecule has 1 unspecified atom stereocenters. The molecular weight excluding hydrogens is 291 g/mol. The van der Waals surface area contributed by atoms with Crippen molar-refractivity contribution in [3.05, 3.63) is 29.0 Å². The summed E-state index contributed by atoms with van der Waals surface area (Å²) in [4.78, 5) is -0.374. The molecule has 106 valence electrons. The summed E-state index contributed by atoms with van der Waals surface area (Å²) in [7, 11) is -3.85. The van der Waals surface area contributed by atoms with Gasteiger partial charge in [-0.1, -0.05) is 24.6 Å². The van der Waals surface area contributed by atoms with Crippen molar-refractivity contribution in [1.82, 2.24) is 4.31 Å². The maximum Gasteiger partial charge on any atom is 0.246 e. The van der Waals surface area contributed by atoms with Gasteiger partial charge in [-0.2, -0.15) is 4.31 Å². The third-order valence-electron chi connectivity index (χ3n) is 3.55. The molecule has 7 heteroatoms. The number of sulfonamides is 1. The number of hydrogen-bond donors (Lipinski definition) is 1. The van der Waals surface area contributed by atoms with E-state index >= 15 is 0 Å². The average Bonchev–Trinajstić information content (AvgIpc) is 2.77. The maximum absolute atomic E-state index is 13.9. The first-order valence-corrected chi connectivity index (χ1v) is 7.76. The molecule has 0 saturated carbocycles. The van der Waals surface area contributed by atoms with E-state index in [1.165, 1.54) is 22.5 Å². The zero-order valence-corrected chi connectivity index (χ0v) is 12.1. The Bertz CT molecular complexity index is 593. The molecule has 0 aromatic heterocycles. The second-order valence-electron chi connectivity index (χ2n) is 5.16. The molecule has 0 bridgehead atoms. The van der Waals surface area contributed by atoms with Gasteiger partial charge in [-0.05, 0) is 30.5 Å². The van der Waals surface area contributed by atoms with Crippen LogP contribution in [0.1, 0.15) is 13.3 Å². The molecule has 19 heavy (non-hydrogen) atoms. The molecule has 0 amide bonds. The summed E-state index contributed by atoms with van der Waals surface area (Å²) in [6.45, 7) is 2.98. The summed E-state index contributed by atoms with van der Waals surface area (Å²) in [5.41, 5.74) is 5.40. The van der Waals surface area contributed by atoms with Gasteiger partial charge in [-0.25, -0.2) is 12.8 Å². The Morgan fingerprint density at radius 2 is 2.21 bits per heavy atom. The van der Waals surface area contributed by atoms with Crippen LogP contribution in [0.25, 0.3) is 0 Å². The van der Waals surface area contributed by atoms with Crippen molar-refractivity contribution in [3.8, 4) is 0 Å². The first-order chi connectivity index (χ1) is 8.80. The van der Waals surface area contributed by atoms with Gasteiger partial charge in [0.15, 0.2) is 5.82 Å². The van der Waals surface area contributed by atoms with Gasteiger partial charge >= 0.3 is 0 Å². The highest BCUT2D eigenvalue weighted by molar-refractivity contribution is 7.89. The second-order valence-corrected chi connectivity index (χ2v) is 7.47. The predicted octanol–water partition coefficient (Wildman–Crippen LogP) is 1.84. The first kappa shape index (κ1) is 14.7. The molecule has 0 radical (unpaired) electrons. The topological polar surface area (TPSA) is 63.4 Å². The molecule has 0 aliphatic carbocycles. The Labute approximate surface area is 117 Å². The van der Waals surface area contributed by atoms with Crippen LogP contribution in [0.3, 0.4) is 0 Å². The molecule has 1 aliphatic heterocycles. The van der Waals surface area contributed by atoms with Crippen LogP contribution in [0.2, 0.25) is 5.02 Å². The van der Waals surface area contributed by atoms with Crippen molar-refractivity contribution >= 4 is 21.6 Å². The van der Waals surface area contributed by atoms with Gasteiger partial charge in [-0.3, -0.25) is 0 Å². The van der Waals surface area contributed by atoms with Crippen molar-refractivity contribution in [2.24, 2.45) is 11.1 Å². The molecule has 0 spiro atoms. The minimum Gasteiger partial charge on any atom is -0.330 e. The van der Waals surface area contributed by atoms with Gasteiger partial charge in [0.05, 0.1) is 5.02 Å². The van der Waals surface area contributed by atoms with Gasteiger partial charge in [-0.15, -0.1) is 0 Å². The highest BCUT2D eigenvalue weighted by atomic mass is 35.5. The molecule has 2 rings (SSSR count). The molecule has 1 heterocycles. The summed E-state index contributed by atoms with van der Waals surface area (Å²) in [6.07, 6.45) is 0.672. The molecule has 4 nitrogen and oxygen atoms in total. The van der Waals surface area contributed by atoms with Crippen LogP contribution < -0.4 is 5.73 Å². The number of benzene rings is 1. The van der Waals surface area contributed by atoms with Gasteiger partial charge in [0.25, 0.3) is 0 Å². The van der Waals surface area contributed by atoms with Crippen LogP contribution in [0.15, 0.2) is 23.1 Å². The number of nitrogens with zero attached hydrogens (tertiary/aromatic N) is 1. The van der Waals surface area contributed by atoms with Crippen molar-refractivity contribution in [3.63, 3.8) is 0 Å². The number of halogens is 2. The van der Waals surface area contributed by atoms with E-state index in [-0.39, 0.29) is 15.3 Å². The molecule has 1 fully saturated rings. The smallest absolute Gasteiger partial charge is 0.246 e. The van der Waals surface area contributed by atoms with E-state index in [4.69, 9.17) is 17.3 Å². The summed E-state index contributed by atoms with van der Waals surface area (Å²) in [6, 6.07) is 3.98.